The second-order valence-corrected chi connectivity index (χ2v) is 5.85. The van der Waals surface area contributed by atoms with E-state index in [0.717, 1.165) is 11.3 Å². The van der Waals surface area contributed by atoms with Gasteiger partial charge in [-0.05, 0) is 24.6 Å². The second kappa shape index (κ2) is 5.51. The van der Waals surface area contributed by atoms with Gasteiger partial charge in [-0.25, -0.2) is 8.42 Å². The minimum atomic E-state index is -3.19. The van der Waals surface area contributed by atoms with Crippen molar-refractivity contribution >= 4 is 10.0 Å². The van der Waals surface area contributed by atoms with Crippen molar-refractivity contribution in [3.05, 3.63) is 29.8 Å². The first kappa shape index (κ1) is 14.0. The zero-order valence-corrected chi connectivity index (χ0v) is 11.5. The van der Waals surface area contributed by atoms with E-state index in [1.165, 1.54) is 10.6 Å². The molecule has 0 aliphatic carbocycles. The van der Waals surface area contributed by atoms with Gasteiger partial charge in [0.25, 0.3) is 0 Å². The van der Waals surface area contributed by atoms with Crippen LogP contribution in [0.25, 0.3) is 0 Å². The molecule has 4 nitrogen and oxygen atoms in total. The second-order valence-electron chi connectivity index (χ2n) is 3.92. The predicted octanol–water partition coefficient (Wildman–Crippen LogP) is 2.04. The van der Waals surface area contributed by atoms with Crippen molar-refractivity contribution < 1.29 is 13.2 Å². The Balaban J connectivity index is 3.05. The van der Waals surface area contributed by atoms with E-state index in [2.05, 4.69) is 0 Å². The quantitative estimate of drug-likeness (QED) is 0.811. The lowest BCUT2D eigenvalue weighted by molar-refractivity contribution is 0.357. The number of nitrogens with zero attached hydrogens (tertiary/aromatic N) is 1. The Labute approximate surface area is 103 Å². The summed E-state index contributed by atoms with van der Waals surface area (Å²) in [6.07, 6.45) is 1.23. The zero-order chi connectivity index (χ0) is 13.1. The summed E-state index contributed by atoms with van der Waals surface area (Å²) in [5, 5.41) is 0. The Morgan fingerprint density at radius 1 is 1.41 bits per heavy atom. The van der Waals surface area contributed by atoms with E-state index in [4.69, 9.17) is 4.74 Å². The van der Waals surface area contributed by atoms with Gasteiger partial charge in [-0.3, -0.25) is 0 Å². The summed E-state index contributed by atoms with van der Waals surface area (Å²) < 4.78 is 29.8. The number of ether oxygens (including phenoxy) is 1. The summed E-state index contributed by atoms with van der Waals surface area (Å²) >= 11 is 0. The topological polar surface area (TPSA) is 46.6 Å². The van der Waals surface area contributed by atoms with Crippen LogP contribution in [0.5, 0.6) is 5.75 Å². The van der Waals surface area contributed by atoms with Gasteiger partial charge in [-0.2, -0.15) is 4.31 Å². The van der Waals surface area contributed by atoms with Crippen LogP contribution in [0.2, 0.25) is 0 Å². The summed E-state index contributed by atoms with van der Waals surface area (Å²) in [6.45, 7) is 4.16. The maximum absolute atomic E-state index is 11.6. The molecule has 17 heavy (non-hydrogen) atoms. The maximum atomic E-state index is 11.6. The summed E-state index contributed by atoms with van der Waals surface area (Å²) in [5.74, 6) is 0.735. The number of hydrogen-bond donors (Lipinski definition) is 0. The average molecular weight is 257 g/mol. The van der Waals surface area contributed by atoms with Crippen LogP contribution in [0, 0.1) is 0 Å². The average Bonchev–Trinajstić information content (AvgIpc) is 2.28. The van der Waals surface area contributed by atoms with Crippen LogP contribution in [0.1, 0.15) is 25.5 Å². The number of methoxy groups -OCH3 is 1. The van der Waals surface area contributed by atoms with Crippen molar-refractivity contribution in [2.45, 2.75) is 19.9 Å². The third-order valence-electron chi connectivity index (χ3n) is 2.75. The van der Waals surface area contributed by atoms with Crippen LogP contribution in [-0.2, 0) is 10.0 Å². The highest BCUT2D eigenvalue weighted by molar-refractivity contribution is 7.88. The molecule has 1 aromatic carbocycles. The Hall–Kier alpha value is -1.07. The molecular formula is C12H19NO3S. The minimum Gasteiger partial charge on any atom is -0.497 e. The normalized spacial score (nSPS) is 13.7. The first-order valence-electron chi connectivity index (χ1n) is 5.51. The molecule has 0 N–H and O–H groups in total. The largest absolute Gasteiger partial charge is 0.497 e. The highest BCUT2D eigenvalue weighted by Gasteiger charge is 2.22. The van der Waals surface area contributed by atoms with E-state index in [1.54, 1.807) is 7.11 Å². The molecule has 0 radical (unpaired) electrons. The van der Waals surface area contributed by atoms with Crippen LogP contribution in [0.4, 0.5) is 0 Å². The predicted molar refractivity (Wildman–Crippen MR) is 68.6 cm³/mol. The lowest BCUT2D eigenvalue weighted by atomic mass is 10.1. The summed E-state index contributed by atoms with van der Waals surface area (Å²) in [5.41, 5.74) is 0.927. The monoisotopic (exact) mass is 257 g/mol. The summed E-state index contributed by atoms with van der Waals surface area (Å²) in [6, 6.07) is 7.28. The number of sulfonamides is 1. The lowest BCUT2D eigenvalue weighted by Crippen LogP contribution is -2.32. The van der Waals surface area contributed by atoms with E-state index in [-0.39, 0.29) is 6.04 Å². The molecule has 5 heteroatoms. The fraction of sp³-hybridized carbons (Fsp3) is 0.500. The molecule has 1 rings (SSSR count). The SMILES string of the molecule is CCN(C(C)c1cccc(OC)c1)S(C)(=O)=O. The lowest BCUT2D eigenvalue weighted by Gasteiger charge is -2.26. The molecule has 0 aromatic heterocycles. The molecule has 0 aliphatic heterocycles. The fourth-order valence-electron chi connectivity index (χ4n) is 1.86. The van der Waals surface area contributed by atoms with Crippen LogP contribution in [0.15, 0.2) is 24.3 Å². The van der Waals surface area contributed by atoms with Gasteiger partial charge >= 0.3 is 0 Å². The summed E-state index contributed by atoms with van der Waals surface area (Å²) in [4.78, 5) is 0. The van der Waals surface area contributed by atoms with Gasteiger partial charge in [0.2, 0.25) is 10.0 Å². The van der Waals surface area contributed by atoms with Crippen molar-refractivity contribution in [3.63, 3.8) is 0 Å². The van der Waals surface area contributed by atoms with E-state index >= 15 is 0 Å². The van der Waals surface area contributed by atoms with Crippen molar-refractivity contribution in [2.24, 2.45) is 0 Å². The highest BCUT2D eigenvalue weighted by atomic mass is 32.2. The first-order valence-corrected chi connectivity index (χ1v) is 7.35. The maximum Gasteiger partial charge on any atom is 0.211 e. The zero-order valence-electron chi connectivity index (χ0n) is 10.7. The minimum absolute atomic E-state index is 0.190. The van der Waals surface area contributed by atoms with Crippen LogP contribution < -0.4 is 4.74 Å². The molecule has 1 aromatic rings. The van der Waals surface area contributed by atoms with Gasteiger partial charge in [0.05, 0.1) is 13.4 Å². The van der Waals surface area contributed by atoms with E-state index < -0.39 is 10.0 Å². The van der Waals surface area contributed by atoms with Crippen LogP contribution in [0.3, 0.4) is 0 Å². The van der Waals surface area contributed by atoms with Crippen LogP contribution >= 0.6 is 0 Å². The number of rotatable bonds is 5. The molecule has 0 spiro atoms. The van der Waals surface area contributed by atoms with Gasteiger partial charge in [0.1, 0.15) is 5.75 Å². The highest BCUT2D eigenvalue weighted by Crippen LogP contribution is 2.25. The Kier molecular flexibility index (Phi) is 4.54. The Bertz CT molecular complexity index is 470. The Morgan fingerprint density at radius 3 is 2.53 bits per heavy atom. The van der Waals surface area contributed by atoms with Crippen LogP contribution in [-0.4, -0.2) is 32.6 Å². The van der Waals surface area contributed by atoms with E-state index in [0.29, 0.717) is 6.54 Å². The van der Waals surface area contributed by atoms with Crippen molar-refractivity contribution in [3.8, 4) is 5.75 Å². The third kappa shape index (κ3) is 3.44. The molecule has 0 heterocycles. The molecule has 0 fully saturated rings. The Morgan fingerprint density at radius 2 is 2.06 bits per heavy atom. The molecule has 0 aliphatic rings. The van der Waals surface area contributed by atoms with Gasteiger partial charge in [-0.1, -0.05) is 19.1 Å². The first-order chi connectivity index (χ1) is 7.90. The third-order valence-corrected chi connectivity index (χ3v) is 4.17. The molecule has 0 saturated heterocycles. The molecular weight excluding hydrogens is 238 g/mol. The molecule has 0 bridgehead atoms. The van der Waals surface area contributed by atoms with Gasteiger partial charge in [-0.15, -0.1) is 0 Å². The molecule has 1 atom stereocenters. The van der Waals surface area contributed by atoms with E-state index in [9.17, 15) is 8.42 Å². The molecule has 0 amide bonds. The number of benzene rings is 1. The number of hydrogen-bond acceptors (Lipinski definition) is 3. The molecule has 0 saturated carbocycles. The molecule has 96 valence electrons. The van der Waals surface area contributed by atoms with Gasteiger partial charge in [0, 0.05) is 12.6 Å². The van der Waals surface area contributed by atoms with Crippen molar-refractivity contribution in [1.82, 2.24) is 4.31 Å². The van der Waals surface area contributed by atoms with Gasteiger partial charge < -0.3 is 4.74 Å². The van der Waals surface area contributed by atoms with Crippen molar-refractivity contribution in [1.29, 1.82) is 0 Å². The summed E-state index contributed by atoms with van der Waals surface area (Å²) in [7, 11) is -1.59. The smallest absolute Gasteiger partial charge is 0.211 e. The van der Waals surface area contributed by atoms with Crippen molar-refractivity contribution in [2.75, 3.05) is 19.9 Å². The van der Waals surface area contributed by atoms with Gasteiger partial charge in [0.15, 0.2) is 0 Å². The molecule has 1 unspecified atom stereocenters. The standard InChI is InChI=1S/C12H19NO3S/c1-5-13(17(4,14)15)10(2)11-7-6-8-12(9-11)16-3/h6-10H,5H2,1-4H3. The van der Waals surface area contributed by atoms with E-state index in [1.807, 2.05) is 38.1 Å². The fourth-order valence-corrected chi connectivity index (χ4v) is 3.03.